The third kappa shape index (κ3) is 6.40. The minimum absolute atomic E-state index is 0.0112. The lowest BCUT2D eigenvalue weighted by Gasteiger charge is -2.24. The van der Waals surface area contributed by atoms with E-state index in [0.717, 1.165) is 17.8 Å². The average Bonchev–Trinajstić information content (AvgIpc) is 3.17. The molecule has 1 aliphatic heterocycles. The second-order valence-electron chi connectivity index (χ2n) is 7.15. The van der Waals surface area contributed by atoms with Gasteiger partial charge in [-0.2, -0.15) is 18.6 Å². The predicted molar refractivity (Wildman–Crippen MR) is 110 cm³/mol. The molecule has 22 heteroatoms. The van der Waals surface area contributed by atoms with Gasteiger partial charge in [0.2, 0.25) is 11.8 Å². The molecule has 0 saturated carbocycles. The number of aromatic nitrogens is 4. The second-order valence-corrected chi connectivity index (χ2v) is 11.6. The molecule has 0 aromatic carbocycles. The van der Waals surface area contributed by atoms with Crippen LogP contribution in [0, 0.1) is 0 Å². The Balaban J connectivity index is 1.80. The molecule has 198 valence electrons. The third-order valence-electron chi connectivity index (χ3n) is 4.48. The Kier molecular flexibility index (Phi) is 7.76. The number of ether oxygens (including phenoxy) is 2. The van der Waals surface area contributed by atoms with E-state index in [2.05, 4.69) is 28.1 Å². The number of phosphoric ester groups is 1. The van der Waals surface area contributed by atoms with Crippen LogP contribution in [-0.2, 0) is 31.6 Å². The highest BCUT2D eigenvalue weighted by molar-refractivity contribution is 7.66. The molecule has 0 aliphatic carbocycles. The van der Waals surface area contributed by atoms with Crippen molar-refractivity contribution in [3.8, 4) is 5.88 Å². The van der Waals surface area contributed by atoms with Crippen LogP contribution in [0.4, 0.5) is 10.3 Å². The van der Waals surface area contributed by atoms with Gasteiger partial charge in [-0.3, -0.25) is 9.09 Å². The summed E-state index contributed by atoms with van der Waals surface area (Å²) in [5.41, 5.74) is 3.18. The molecular formula is C13H21FN5O13P3. The van der Waals surface area contributed by atoms with Crippen LogP contribution in [0.2, 0.25) is 0 Å². The summed E-state index contributed by atoms with van der Waals surface area (Å²) in [4.78, 5) is 47.8. The van der Waals surface area contributed by atoms with Crippen molar-refractivity contribution in [2.24, 2.45) is 0 Å². The number of nitrogen functional groups attached to an aromatic ring is 1. The quantitative estimate of drug-likeness (QED) is 0.208. The Morgan fingerprint density at radius 1 is 1.20 bits per heavy atom. The van der Waals surface area contributed by atoms with E-state index in [1.165, 1.54) is 0 Å². The van der Waals surface area contributed by atoms with Gasteiger partial charge in [0, 0.05) is 0 Å². The zero-order valence-electron chi connectivity index (χ0n) is 17.8. The zero-order chi connectivity index (χ0) is 26.4. The maximum Gasteiger partial charge on any atom is 0.490 e. The fourth-order valence-electron chi connectivity index (χ4n) is 3.14. The number of fused-ring (bicyclic) bond motifs is 1. The summed E-state index contributed by atoms with van der Waals surface area (Å²) < 4.78 is 73.0. The Bertz CT molecular complexity index is 1240. The molecule has 2 aromatic rings. The molecule has 7 N–H and O–H groups in total. The number of anilines is 1. The Hall–Kier alpha value is -1.59. The monoisotopic (exact) mass is 567 g/mol. The largest absolute Gasteiger partial charge is 0.490 e. The van der Waals surface area contributed by atoms with Gasteiger partial charge < -0.3 is 39.9 Å². The predicted octanol–water partition coefficient (Wildman–Crippen LogP) is 0.137. The van der Waals surface area contributed by atoms with Crippen molar-refractivity contribution in [2.45, 2.75) is 38.0 Å². The molecule has 1 fully saturated rings. The van der Waals surface area contributed by atoms with Gasteiger partial charge in [0.25, 0.3) is 0 Å². The van der Waals surface area contributed by atoms with Gasteiger partial charge in [-0.1, -0.05) is 0 Å². The summed E-state index contributed by atoms with van der Waals surface area (Å²) in [6.45, 7) is 1.76. The highest BCUT2D eigenvalue weighted by atomic mass is 31.3. The van der Waals surface area contributed by atoms with Gasteiger partial charge in [-0.25, -0.2) is 23.1 Å². The van der Waals surface area contributed by atoms with Gasteiger partial charge in [0.05, 0.1) is 19.5 Å². The number of aliphatic hydroxyl groups is 1. The molecule has 0 spiro atoms. The standard InChI is InChI=1S/C13H21FN5O13P3/c1-3-28-10-7-9(17-12(15)18-10)19(5-16-7)11-13(2,14)8(20)6(30-11)4-29-34(24,25)32-35(26,27)31-33(21,22)23/h5-6,8,11,20H,3-4H2,1-2H3,(H,24,25)(H,26,27)(H2,15,17,18)(H2,21,22,23)/t6-,8-,11-,13-/m1/s1. The lowest BCUT2D eigenvalue weighted by Crippen LogP contribution is -2.40. The van der Waals surface area contributed by atoms with Crippen LogP contribution in [0.25, 0.3) is 11.2 Å². The first-order valence-electron chi connectivity index (χ1n) is 9.39. The molecule has 0 amide bonds. The topological polar surface area (TPSA) is 268 Å². The minimum atomic E-state index is -5.76. The molecule has 3 rings (SSSR count). The Morgan fingerprint density at radius 2 is 1.86 bits per heavy atom. The number of halogens is 1. The summed E-state index contributed by atoms with van der Waals surface area (Å²) in [6.07, 6.45) is -4.15. The minimum Gasteiger partial charge on any atom is -0.476 e. The van der Waals surface area contributed by atoms with Gasteiger partial charge in [0.15, 0.2) is 23.1 Å². The van der Waals surface area contributed by atoms with Crippen molar-refractivity contribution in [1.82, 2.24) is 19.5 Å². The number of hydrogen-bond donors (Lipinski definition) is 6. The van der Waals surface area contributed by atoms with E-state index in [1.54, 1.807) is 6.92 Å². The number of nitrogens with zero attached hydrogens (tertiary/aromatic N) is 4. The lowest BCUT2D eigenvalue weighted by molar-refractivity contribution is -0.0560. The van der Waals surface area contributed by atoms with Crippen LogP contribution in [0.3, 0.4) is 0 Å². The first-order valence-corrected chi connectivity index (χ1v) is 13.9. The molecule has 0 radical (unpaired) electrons. The normalized spacial score (nSPS) is 28.6. The number of rotatable bonds is 10. The highest BCUT2D eigenvalue weighted by Gasteiger charge is 2.56. The van der Waals surface area contributed by atoms with Crippen LogP contribution in [0.1, 0.15) is 20.1 Å². The highest BCUT2D eigenvalue weighted by Crippen LogP contribution is 2.66. The van der Waals surface area contributed by atoms with Crippen LogP contribution < -0.4 is 10.5 Å². The number of phosphoric acid groups is 3. The van der Waals surface area contributed by atoms with Crippen LogP contribution >= 0.6 is 23.5 Å². The molecule has 2 unspecified atom stereocenters. The van der Waals surface area contributed by atoms with E-state index in [1.807, 2.05) is 0 Å². The molecule has 35 heavy (non-hydrogen) atoms. The Morgan fingerprint density at radius 3 is 2.46 bits per heavy atom. The summed E-state index contributed by atoms with van der Waals surface area (Å²) in [5.74, 6) is -0.219. The van der Waals surface area contributed by atoms with E-state index in [-0.39, 0.29) is 29.6 Å². The molecule has 0 bridgehead atoms. The summed E-state index contributed by atoms with van der Waals surface area (Å²) >= 11 is 0. The van der Waals surface area contributed by atoms with E-state index in [0.29, 0.717) is 0 Å². The molecule has 2 aromatic heterocycles. The number of imidazole rings is 1. The van der Waals surface area contributed by atoms with Crippen molar-refractivity contribution >= 4 is 40.6 Å². The average molecular weight is 567 g/mol. The maximum atomic E-state index is 15.5. The fraction of sp³-hybridized carbons (Fsp3) is 0.615. The van der Waals surface area contributed by atoms with Crippen molar-refractivity contribution < 1.29 is 65.4 Å². The van der Waals surface area contributed by atoms with E-state index in [4.69, 9.17) is 25.0 Å². The molecule has 3 heterocycles. The summed E-state index contributed by atoms with van der Waals surface area (Å²) in [7, 11) is -16.9. The van der Waals surface area contributed by atoms with Crippen molar-refractivity contribution in [3.63, 3.8) is 0 Å². The maximum absolute atomic E-state index is 15.5. The third-order valence-corrected chi connectivity index (χ3v) is 8.28. The number of aliphatic hydroxyl groups excluding tert-OH is 1. The van der Waals surface area contributed by atoms with E-state index < -0.39 is 54.2 Å². The Labute approximate surface area is 195 Å². The van der Waals surface area contributed by atoms with Gasteiger partial charge >= 0.3 is 23.5 Å². The summed E-state index contributed by atoms with van der Waals surface area (Å²) in [5, 5.41) is 10.4. The van der Waals surface area contributed by atoms with Crippen LogP contribution in [0.5, 0.6) is 5.88 Å². The van der Waals surface area contributed by atoms with Crippen LogP contribution in [0.15, 0.2) is 6.33 Å². The van der Waals surface area contributed by atoms with Crippen molar-refractivity contribution in [2.75, 3.05) is 18.9 Å². The van der Waals surface area contributed by atoms with Gasteiger partial charge in [0.1, 0.15) is 12.2 Å². The summed E-state index contributed by atoms with van der Waals surface area (Å²) in [6, 6.07) is 0. The zero-order valence-corrected chi connectivity index (χ0v) is 20.5. The second kappa shape index (κ2) is 9.70. The first kappa shape index (κ1) is 28.0. The smallest absolute Gasteiger partial charge is 0.476 e. The van der Waals surface area contributed by atoms with Crippen LogP contribution in [-0.4, -0.2) is 75.3 Å². The molecule has 18 nitrogen and oxygen atoms in total. The lowest BCUT2D eigenvalue weighted by atomic mass is 9.98. The molecule has 1 saturated heterocycles. The molecular weight excluding hydrogens is 546 g/mol. The first-order chi connectivity index (χ1) is 16.0. The fourth-order valence-corrected chi connectivity index (χ4v) is 6.17. The van der Waals surface area contributed by atoms with Crippen molar-refractivity contribution in [3.05, 3.63) is 6.33 Å². The van der Waals surface area contributed by atoms with E-state index >= 15 is 4.39 Å². The van der Waals surface area contributed by atoms with Gasteiger partial charge in [-0.15, -0.1) is 0 Å². The molecule has 1 aliphatic rings. The van der Waals surface area contributed by atoms with E-state index in [9.17, 15) is 28.6 Å². The number of nitrogens with two attached hydrogens (primary N) is 1. The number of hydrogen-bond acceptors (Lipinski definition) is 13. The SMILES string of the molecule is CCOc1nc(N)nc2c1ncn2[C@@H]1O[C@H](COP(=O)(O)OP(=O)(O)OP(=O)(O)O)[C@@H](O)[C@@]1(C)F. The van der Waals surface area contributed by atoms with Gasteiger partial charge in [-0.05, 0) is 13.8 Å². The molecule has 6 atom stereocenters. The van der Waals surface area contributed by atoms with Crippen molar-refractivity contribution in [1.29, 1.82) is 0 Å². The number of alkyl halides is 1.